The largest absolute Gasteiger partial charge is 0.481 e. The van der Waals surface area contributed by atoms with Gasteiger partial charge in [0.15, 0.2) is 10.3 Å². The van der Waals surface area contributed by atoms with E-state index in [0.717, 1.165) is 5.69 Å². The Labute approximate surface area is 168 Å². The summed E-state index contributed by atoms with van der Waals surface area (Å²) in [6.45, 7) is 0. The fourth-order valence-electron chi connectivity index (χ4n) is 2.22. The fraction of sp³-hybridized carbons (Fsp3) is 0.167. The van der Waals surface area contributed by atoms with Crippen molar-refractivity contribution in [1.82, 2.24) is 10.3 Å². The number of thioether (sulfide) groups is 1. The Morgan fingerprint density at radius 3 is 2.79 bits per heavy atom. The summed E-state index contributed by atoms with van der Waals surface area (Å²) in [5.41, 5.74) is 0.747. The number of hydrogen-bond donors (Lipinski definition) is 3. The monoisotopic (exact) mass is 416 g/mol. The van der Waals surface area contributed by atoms with E-state index in [1.54, 1.807) is 12.3 Å². The summed E-state index contributed by atoms with van der Waals surface area (Å²) in [4.78, 5) is 44.1. The van der Waals surface area contributed by atoms with Gasteiger partial charge in [-0.2, -0.15) is 0 Å². The number of benzene rings is 1. The molecule has 2 heterocycles. The number of amidine groups is 1. The number of hydrogen-bond acceptors (Lipinski definition) is 7. The van der Waals surface area contributed by atoms with Crippen molar-refractivity contribution in [2.24, 2.45) is 4.99 Å². The van der Waals surface area contributed by atoms with Crippen molar-refractivity contribution in [2.75, 3.05) is 5.32 Å². The Balaban J connectivity index is 1.60. The molecule has 0 aliphatic carbocycles. The summed E-state index contributed by atoms with van der Waals surface area (Å²) < 4.78 is 0. The summed E-state index contributed by atoms with van der Waals surface area (Å²) in [5.74, 6) is -1.47. The molecule has 0 spiro atoms. The third-order valence-electron chi connectivity index (χ3n) is 3.48. The zero-order valence-electron chi connectivity index (χ0n) is 14.5. The molecule has 10 heteroatoms. The zero-order valence-corrected chi connectivity index (χ0v) is 16.2. The summed E-state index contributed by atoms with van der Waals surface area (Å²) in [5, 5.41) is 14.8. The van der Waals surface area contributed by atoms with E-state index in [0.29, 0.717) is 20.1 Å². The van der Waals surface area contributed by atoms with Gasteiger partial charge in [-0.05, 0) is 36.4 Å². The van der Waals surface area contributed by atoms with Crippen LogP contribution in [0.1, 0.15) is 24.1 Å². The predicted molar refractivity (Wildman–Crippen MR) is 109 cm³/mol. The van der Waals surface area contributed by atoms with Gasteiger partial charge < -0.3 is 15.7 Å². The molecular weight excluding hydrogens is 400 g/mol. The van der Waals surface area contributed by atoms with Crippen LogP contribution in [0.5, 0.6) is 0 Å². The van der Waals surface area contributed by atoms with Crippen molar-refractivity contribution in [3.8, 4) is 0 Å². The molecule has 2 aromatic rings. The number of carbonyl (C=O) groups is 3. The van der Waals surface area contributed by atoms with Gasteiger partial charge in [-0.25, -0.2) is 9.98 Å². The molecule has 144 valence electrons. The van der Waals surface area contributed by atoms with Gasteiger partial charge in [-0.15, -0.1) is 0 Å². The zero-order chi connectivity index (χ0) is 19.9. The van der Waals surface area contributed by atoms with Crippen LogP contribution in [0.4, 0.5) is 10.8 Å². The van der Waals surface area contributed by atoms with Crippen molar-refractivity contribution in [3.05, 3.63) is 46.3 Å². The van der Waals surface area contributed by atoms with Gasteiger partial charge in [-0.1, -0.05) is 29.5 Å². The standard InChI is InChI=1S/C18H16N4O4S2/c23-14(7-4-8-15(24)25)21-17-19-10-12(27-17)9-13-16(26)22-18(28-13)20-11-5-2-1-3-6-11/h1-3,5-6,9-10H,4,7-8H2,(H,24,25)(H,19,21,23)(H,20,22,26)/b13-9-. The number of carboxylic acid groups (broad SMARTS) is 1. The molecule has 8 nitrogen and oxygen atoms in total. The van der Waals surface area contributed by atoms with Gasteiger partial charge in [0.1, 0.15) is 0 Å². The number of nitrogens with zero attached hydrogens (tertiary/aromatic N) is 2. The number of aliphatic carboxylic acids is 1. The molecule has 2 amide bonds. The first kappa shape index (κ1) is 19.8. The highest BCUT2D eigenvalue weighted by Crippen LogP contribution is 2.30. The van der Waals surface area contributed by atoms with E-state index in [2.05, 4.69) is 20.6 Å². The van der Waals surface area contributed by atoms with Crippen LogP contribution in [0.25, 0.3) is 6.08 Å². The highest BCUT2D eigenvalue weighted by molar-refractivity contribution is 8.18. The third-order valence-corrected chi connectivity index (χ3v) is 5.25. The Hall–Kier alpha value is -2.98. The van der Waals surface area contributed by atoms with Gasteiger partial charge in [0, 0.05) is 19.0 Å². The second-order valence-electron chi connectivity index (χ2n) is 5.68. The molecule has 1 aliphatic rings. The Morgan fingerprint density at radius 2 is 2.04 bits per heavy atom. The lowest BCUT2D eigenvalue weighted by Crippen LogP contribution is -2.19. The smallest absolute Gasteiger partial charge is 0.303 e. The van der Waals surface area contributed by atoms with E-state index in [1.165, 1.54) is 23.1 Å². The van der Waals surface area contributed by atoms with Gasteiger partial charge in [0.25, 0.3) is 5.91 Å². The summed E-state index contributed by atoms with van der Waals surface area (Å²) in [7, 11) is 0. The maximum Gasteiger partial charge on any atom is 0.303 e. The Morgan fingerprint density at radius 1 is 1.25 bits per heavy atom. The molecule has 1 fully saturated rings. The van der Waals surface area contributed by atoms with E-state index in [1.807, 2.05) is 30.3 Å². The van der Waals surface area contributed by atoms with E-state index in [9.17, 15) is 14.4 Å². The predicted octanol–water partition coefficient (Wildman–Crippen LogP) is 3.23. The fourth-order valence-corrected chi connectivity index (χ4v) is 3.91. The van der Waals surface area contributed by atoms with Crippen LogP contribution in [-0.2, 0) is 14.4 Å². The number of carboxylic acids is 1. The van der Waals surface area contributed by atoms with Crippen molar-refractivity contribution >= 4 is 62.9 Å². The first-order chi connectivity index (χ1) is 13.5. The van der Waals surface area contributed by atoms with Crippen LogP contribution in [0.2, 0.25) is 0 Å². The Bertz CT molecular complexity index is 954. The number of anilines is 1. The van der Waals surface area contributed by atoms with Crippen LogP contribution < -0.4 is 10.6 Å². The molecule has 1 saturated heterocycles. The second kappa shape index (κ2) is 9.29. The van der Waals surface area contributed by atoms with Gasteiger partial charge in [0.05, 0.1) is 15.5 Å². The summed E-state index contributed by atoms with van der Waals surface area (Å²) >= 11 is 2.46. The lowest BCUT2D eigenvalue weighted by Gasteiger charge is -1.99. The van der Waals surface area contributed by atoms with E-state index in [4.69, 9.17) is 5.11 Å². The van der Waals surface area contributed by atoms with Crippen LogP contribution in [-0.4, -0.2) is 33.0 Å². The van der Waals surface area contributed by atoms with E-state index >= 15 is 0 Å². The average Bonchev–Trinajstić information content (AvgIpc) is 3.22. The minimum atomic E-state index is -0.932. The van der Waals surface area contributed by atoms with E-state index < -0.39 is 5.97 Å². The molecule has 0 atom stereocenters. The normalized spacial score (nSPS) is 16.4. The maximum absolute atomic E-state index is 12.1. The number of aliphatic imine (C=N–C) groups is 1. The van der Waals surface area contributed by atoms with Crippen LogP contribution >= 0.6 is 23.1 Å². The van der Waals surface area contributed by atoms with Gasteiger partial charge in [0.2, 0.25) is 5.91 Å². The van der Waals surface area contributed by atoms with Crippen molar-refractivity contribution in [2.45, 2.75) is 19.3 Å². The number of carbonyl (C=O) groups excluding carboxylic acids is 2. The average molecular weight is 416 g/mol. The third kappa shape index (κ3) is 5.76. The molecule has 0 unspecified atom stereocenters. The van der Waals surface area contributed by atoms with Crippen molar-refractivity contribution in [3.63, 3.8) is 0 Å². The molecule has 0 radical (unpaired) electrons. The van der Waals surface area contributed by atoms with Crippen LogP contribution in [0.15, 0.2) is 46.4 Å². The molecule has 1 aromatic heterocycles. The lowest BCUT2D eigenvalue weighted by molar-refractivity contribution is -0.137. The number of para-hydroxylation sites is 1. The number of aromatic nitrogens is 1. The second-order valence-corrected chi connectivity index (χ2v) is 7.77. The molecule has 3 N–H and O–H groups in total. The summed E-state index contributed by atoms with van der Waals surface area (Å²) in [6, 6.07) is 9.31. The highest BCUT2D eigenvalue weighted by Gasteiger charge is 2.24. The molecule has 0 bridgehead atoms. The minimum absolute atomic E-state index is 0.0537. The SMILES string of the molecule is O=C(O)CCCC(=O)Nc1ncc(/C=C2\S/C(=N\c3ccccc3)NC2=O)s1. The number of amides is 2. The molecule has 1 aliphatic heterocycles. The van der Waals surface area contributed by atoms with Crippen molar-refractivity contribution in [1.29, 1.82) is 0 Å². The molecule has 3 rings (SSSR count). The highest BCUT2D eigenvalue weighted by atomic mass is 32.2. The van der Waals surface area contributed by atoms with E-state index in [-0.39, 0.29) is 31.1 Å². The number of thiazole rings is 1. The quantitative estimate of drug-likeness (QED) is 0.596. The molecule has 1 aromatic carbocycles. The minimum Gasteiger partial charge on any atom is -0.481 e. The first-order valence-corrected chi connectivity index (χ1v) is 9.95. The molecule has 0 saturated carbocycles. The van der Waals surface area contributed by atoms with Crippen LogP contribution in [0.3, 0.4) is 0 Å². The first-order valence-electron chi connectivity index (χ1n) is 8.32. The van der Waals surface area contributed by atoms with Crippen molar-refractivity contribution < 1.29 is 19.5 Å². The number of rotatable bonds is 7. The topological polar surface area (TPSA) is 121 Å². The molecule has 28 heavy (non-hydrogen) atoms. The maximum atomic E-state index is 12.1. The Kier molecular flexibility index (Phi) is 6.56. The number of nitrogens with one attached hydrogen (secondary N) is 2. The van der Waals surface area contributed by atoms with Gasteiger partial charge in [-0.3, -0.25) is 14.4 Å². The molecular formula is C18H16N4O4S2. The van der Waals surface area contributed by atoms with Crippen LogP contribution in [0, 0.1) is 0 Å². The summed E-state index contributed by atoms with van der Waals surface area (Å²) in [6.07, 6.45) is 3.57. The van der Waals surface area contributed by atoms with Gasteiger partial charge >= 0.3 is 5.97 Å². The lowest BCUT2D eigenvalue weighted by atomic mass is 10.2.